The van der Waals surface area contributed by atoms with E-state index in [0.29, 0.717) is 0 Å². The molecule has 1 heteroatoms. The van der Waals surface area contributed by atoms with Crippen LogP contribution >= 0.6 is 0 Å². The van der Waals surface area contributed by atoms with Crippen LogP contribution in [0.4, 0.5) is 0 Å². The molecule has 0 aliphatic carbocycles. The predicted molar refractivity (Wildman–Crippen MR) is 64.6 cm³/mol. The van der Waals surface area contributed by atoms with Crippen LogP contribution in [0, 0.1) is 0 Å². The third-order valence-corrected chi connectivity index (χ3v) is 2.32. The molecule has 1 rings (SSSR count). The molecular weight excluding hydrogens is 184 g/mol. The Labute approximate surface area is 92.1 Å². The minimum absolute atomic E-state index is 0.209. The maximum Gasteiger partial charge on any atom is 0.101 e. The highest BCUT2D eigenvalue weighted by atomic mass is 16.5. The fraction of sp³-hybridized carbons (Fsp3) is 0.286. The van der Waals surface area contributed by atoms with Crippen LogP contribution in [0.5, 0.6) is 0 Å². The molecule has 0 amide bonds. The molecule has 0 bridgehead atoms. The van der Waals surface area contributed by atoms with Crippen LogP contribution in [-0.4, -0.2) is 6.10 Å². The van der Waals surface area contributed by atoms with Crippen molar-refractivity contribution in [2.75, 3.05) is 0 Å². The number of rotatable bonds is 7. The van der Waals surface area contributed by atoms with E-state index in [1.54, 1.807) is 0 Å². The fourth-order valence-corrected chi connectivity index (χ4v) is 1.54. The molecule has 0 unspecified atom stereocenters. The Bertz CT molecular complexity index is 279. The quantitative estimate of drug-likeness (QED) is 0.483. The highest BCUT2D eigenvalue weighted by molar-refractivity contribution is 5.14. The monoisotopic (exact) mass is 202 g/mol. The lowest BCUT2D eigenvalue weighted by molar-refractivity contribution is 0.139. The number of benzene rings is 1. The number of ether oxygens (including phenoxy) is 1. The topological polar surface area (TPSA) is 9.23 Å². The lowest BCUT2D eigenvalue weighted by atomic mass is 10.1. The van der Waals surface area contributed by atoms with Crippen molar-refractivity contribution >= 4 is 0 Å². The summed E-state index contributed by atoms with van der Waals surface area (Å²) in [6.07, 6.45) is 6.52. The molecule has 0 heterocycles. The molecule has 1 nitrogen and oxygen atoms in total. The molecule has 0 spiro atoms. The van der Waals surface area contributed by atoms with Crippen LogP contribution < -0.4 is 0 Å². The van der Waals surface area contributed by atoms with Gasteiger partial charge in [0, 0.05) is 6.42 Å². The number of hydrogen-bond acceptors (Lipinski definition) is 1. The van der Waals surface area contributed by atoms with Crippen LogP contribution in [0.25, 0.3) is 0 Å². The molecule has 0 fully saturated rings. The summed E-state index contributed by atoms with van der Waals surface area (Å²) in [5.41, 5.74) is 1.35. The van der Waals surface area contributed by atoms with E-state index < -0.39 is 0 Å². The van der Waals surface area contributed by atoms with E-state index >= 15 is 0 Å². The van der Waals surface area contributed by atoms with Gasteiger partial charge in [0.1, 0.15) is 6.10 Å². The Hall–Kier alpha value is -1.50. The normalized spacial score (nSPS) is 11.7. The molecule has 80 valence electrons. The van der Waals surface area contributed by atoms with Crippen LogP contribution in [0.1, 0.15) is 18.4 Å². The van der Waals surface area contributed by atoms with Gasteiger partial charge >= 0.3 is 0 Å². The van der Waals surface area contributed by atoms with Crippen molar-refractivity contribution in [3.63, 3.8) is 0 Å². The summed E-state index contributed by atoms with van der Waals surface area (Å²) in [6.45, 7) is 7.30. The summed E-state index contributed by atoms with van der Waals surface area (Å²) in [7, 11) is 0. The van der Waals surface area contributed by atoms with Gasteiger partial charge in [0.2, 0.25) is 0 Å². The molecule has 15 heavy (non-hydrogen) atoms. The molecule has 0 saturated heterocycles. The van der Waals surface area contributed by atoms with Gasteiger partial charge in [0.05, 0.1) is 6.26 Å². The summed E-state index contributed by atoms with van der Waals surface area (Å²) < 4.78 is 5.40. The second-order valence-electron chi connectivity index (χ2n) is 3.47. The highest BCUT2D eigenvalue weighted by Crippen LogP contribution is 2.10. The first-order valence-corrected chi connectivity index (χ1v) is 5.28. The summed E-state index contributed by atoms with van der Waals surface area (Å²) in [5.74, 6) is 0. The Morgan fingerprint density at radius 2 is 1.93 bits per heavy atom. The Morgan fingerprint density at radius 3 is 2.53 bits per heavy atom. The van der Waals surface area contributed by atoms with Crippen molar-refractivity contribution < 1.29 is 4.74 Å². The van der Waals surface area contributed by atoms with Gasteiger partial charge < -0.3 is 4.74 Å². The summed E-state index contributed by atoms with van der Waals surface area (Å²) in [5, 5.41) is 0. The van der Waals surface area contributed by atoms with Gasteiger partial charge in [-0.15, -0.1) is 6.58 Å². The molecule has 0 aliphatic heterocycles. The second kappa shape index (κ2) is 6.88. The van der Waals surface area contributed by atoms with Crippen molar-refractivity contribution in [3.05, 3.63) is 61.4 Å². The maximum atomic E-state index is 5.40. The lowest BCUT2D eigenvalue weighted by Crippen LogP contribution is -2.09. The number of hydrogen-bond donors (Lipinski definition) is 0. The van der Waals surface area contributed by atoms with Crippen molar-refractivity contribution in [1.29, 1.82) is 0 Å². The van der Waals surface area contributed by atoms with Gasteiger partial charge in [-0.05, 0) is 18.4 Å². The second-order valence-corrected chi connectivity index (χ2v) is 3.47. The maximum absolute atomic E-state index is 5.40. The summed E-state index contributed by atoms with van der Waals surface area (Å²) in [6, 6.07) is 10.4. The van der Waals surface area contributed by atoms with Gasteiger partial charge in [0.25, 0.3) is 0 Å². The van der Waals surface area contributed by atoms with Crippen molar-refractivity contribution in [3.8, 4) is 0 Å². The minimum atomic E-state index is 0.209. The molecule has 0 N–H and O–H groups in total. The van der Waals surface area contributed by atoms with E-state index in [-0.39, 0.29) is 6.10 Å². The van der Waals surface area contributed by atoms with E-state index in [0.717, 1.165) is 19.3 Å². The van der Waals surface area contributed by atoms with Crippen molar-refractivity contribution in [1.82, 2.24) is 0 Å². The molecular formula is C14H18O. The molecule has 1 aromatic carbocycles. The van der Waals surface area contributed by atoms with E-state index in [4.69, 9.17) is 4.74 Å². The van der Waals surface area contributed by atoms with E-state index in [1.807, 2.05) is 12.1 Å². The molecule has 1 atom stereocenters. The first-order chi connectivity index (χ1) is 7.36. The third kappa shape index (κ3) is 4.50. The zero-order valence-electron chi connectivity index (χ0n) is 9.06. The molecule has 0 aromatic heterocycles. The van der Waals surface area contributed by atoms with Gasteiger partial charge in [-0.25, -0.2) is 0 Å². The van der Waals surface area contributed by atoms with Gasteiger partial charge in [0.15, 0.2) is 0 Å². The largest absolute Gasteiger partial charge is 0.498 e. The van der Waals surface area contributed by atoms with Crippen molar-refractivity contribution in [2.24, 2.45) is 0 Å². The molecule has 0 saturated carbocycles. The van der Waals surface area contributed by atoms with E-state index in [1.165, 1.54) is 11.8 Å². The summed E-state index contributed by atoms with van der Waals surface area (Å²) in [4.78, 5) is 0. The standard InChI is InChI=1S/C14H18O/c1-3-8-14(15-4-2)12-11-13-9-6-5-7-10-13/h3-7,9-10,14H,1-2,8,11-12H2/t14-/m0/s1. The highest BCUT2D eigenvalue weighted by Gasteiger charge is 2.05. The first kappa shape index (κ1) is 11.6. The van der Waals surface area contributed by atoms with Gasteiger partial charge in [-0.3, -0.25) is 0 Å². The third-order valence-electron chi connectivity index (χ3n) is 2.32. The lowest BCUT2D eigenvalue weighted by Gasteiger charge is -2.14. The Morgan fingerprint density at radius 1 is 1.20 bits per heavy atom. The van der Waals surface area contributed by atoms with Gasteiger partial charge in [-0.1, -0.05) is 43.0 Å². The SMILES string of the molecule is C=CC[C@@H](CCc1ccccc1)OC=C. The van der Waals surface area contributed by atoms with E-state index in [9.17, 15) is 0 Å². The number of aryl methyl sites for hydroxylation is 1. The fourth-order valence-electron chi connectivity index (χ4n) is 1.54. The zero-order valence-corrected chi connectivity index (χ0v) is 9.06. The first-order valence-electron chi connectivity index (χ1n) is 5.28. The van der Waals surface area contributed by atoms with Crippen LogP contribution in [0.3, 0.4) is 0 Å². The van der Waals surface area contributed by atoms with Crippen molar-refractivity contribution in [2.45, 2.75) is 25.4 Å². The van der Waals surface area contributed by atoms with Gasteiger partial charge in [-0.2, -0.15) is 0 Å². The molecule has 0 aliphatic rings. The van der Waals surface area contributed by atoms with Crippen LogP contribution in [0.2, 0.25) is 0 Å². The summed E-state index contributed by atoms with van der Waals surface area (Å²) >= 11 is 0. The van der Waals surface area contributed by atoms with Crippen LogP contribution in [-0.2, 0) is 11.2 Å². The van der Waals surface area contributed by atoms with E-state index in [2.05, 4.69) is 37.4 Å². The Kier molecular flexibility index (Phi) is 5.31. The molecule has 1 aromatic rings. The average Bonchev–Trinajstić information content (AvgIpc) is 2.28. The minimum Gasteiger partial charge on any atom is -0.498 e. The molecule has 0 radical (unpaired) electrons. The smallest absolute Gasteiger partial charge is 0.101 e. The Balaban J connectivity index is 2.39. The zero-order chi connectivity index (χ0) is 10.9. The average molecular weight is 202 g/mol. The predicted octanol–water partition coefficient (Wildman–Crippen LogP) is 3.72. The van der Waals surface area contributed by atoms with Crippen LogP contribution in [0.15, 0.2) is 55.8 Å².